The van der Waals surface area contributed by atoms with Crippen molar-refractivity contribution in [3.8, 4) is 5.75 Å². The van der Waals surface area contributed by atoms with E-state index in [4.69, 9.17) is 9.47 Å². The van der Waals surface area contributed by atoms with Crippen LogP contribution in [0.3, 0.4) is 0 Å². The van der Waals surface area contributed by atoms with E-state index in [-0.39, 0.29) is 27.9 Å². The third-order valence-electron chi connectivity index (χ3n) is 5.51. The van der Waals surface area contributed by atoms with E-state index >= 15 is 0 Å². The summed E-state index contributed by atoms with van der Waals surface area (Å²) in [5.74, 6) is -2.13. The Morgan fingerprint density at radius 2 is 1.91 bits per heavy atom. The van der Waals surface area contributed by atoms with Gasteiger partial charge in [-0.25, -0.2) is 17.6 Å². The first kappa shape index (κ1) is 24.7. The van der Waals surface area contributed by atoms with Gasteiger partial charge >= 0.3 is 5.97 Å². The molecule has 0 bridgehead atoms. The van der Waals surface area contributed by atoms with E-state index in [0.717, 1.165) is 19.3 Å². The molecule has 1 heterocycles. The van der Waals surface area contributed by atoms with Crippen molar-refractivity contribution in [1.29, 1.82) is 0 Å². The Balaban J connectivity index is 1.79. The van der Waals surface area contributed by atoms with Gasteiger partial charge in [0.1, 0.15) is 16.5 Å². The minimum absolute atomic E-state index is 0.0427. The van der Waals surface area contributed by atoms with Crippen LogP contribution in [-0.2, 0) is 19.6 Å². The normalized spacial score (nSPS) is 17.8. The second kappa shape index (κ2) is 10.3. The second-order valence-electron chi connectivity index (χ2n) is 7.84. The molecule has 0 aliphatic carbocycles. The summed E-state index contributed by atoms with van der Waals surface area (Å²) in [7, 11) is -2.57. The summed E-state index contributed by atoms with van der Waals surface area (Å²) in [5, 5.41) is 2.35. The number of esters is 1. The number of para-hydroxylation sites is 1. The van der Waals surface area contributed by atoms with Gasteiger partial charge in [-0.3, -0.25) is 4.79 Å². The van der Waals surface area contributed by atoms with E-state index in [1.807, 2.05) is 6.92 Å². The van der Waals surface area contributed by atoms with Crippen LogP contribution >= 0.6 is 0 Å². The number of nitrogens with one attached hydrogen (secondary N) is 1. The summed E-state index contributed by atoms with van der Waals surface area (Å²) in [5.41, 5.74) is -0.0940. The largest absolute Gasteiger partial charge is 0.495 e. The van der Waals surface area contributed by atoms with Crippen LogP contribution in [-0.4, -0.2) is 50.4 Å². The van der Waals surface area contributed by atoms with E-state index < -0.39 is 33.8 Å². The summed E-state index contributed by atoms with van der Waals surface area (Å²) in [4.78, 5) is 24.9. The van der Waals surface area contributed by atoms with Gasteiger partial charge in [0, 0.05) is 12.6 Å². The van der Waals surface area contributed by atoms with Crippen molar-refractivity contribution in [3.63, 3.8) is 0 Å². The zero-order valence-electron chi connectivity index (χ0n) is 18.7. The smallest absolute Gasteiger partial charge is 0.338 e. The lowest BCUT2D eigenvalue weighted by atomic mass is 10.1. The molecule has 2 aromatic rings. The van der Waals surface area contributed by atoms with Crippen molar-refractivity contribution >= 4 is 27.6 Å². The monoisotopic (exact) mass is 478 g/mol. The van der Waals surface area contributed by atoms with Gasteiger partial charge < -0.3 is 14.8 Å². The summed E-state index contributed by atoms with van der Waals surface area (Å²) < 4.78 is 52.2. The Bertz CT molecular complexity index is 1140. The van der Waals surface area contributed by atoms with Gasteiger partial charge in [0.15, 0.2) is 6.10 Å². The van der Waals surface area contributed by atoms with Gasteiger partial charge in [0.2, 0.25) is 10.0 Å². The van der Waals surface area contributed by atoms with Gasteiger partial charge in [0.05, 0.1) is 18.4 Å². The van der Waals surface area contributed by atoms with E-state index in [0.29, 0.717) is 6.54 Å². The van der Waals surface area contributed by atoms with Crippen molar-refractivity contribution in [2.24, 2.45) is 0 Å². The van der Waals surface area contributed by atoms with Gasteiger partial charge in [0.25, 0.3) is 5.91 Å². The van der Waals surface area contributed by atoms with Gasteiger partial charge in [-0.1, -0.05) is 18.6 Å². The SMILES string of the molecule is COc1ccc(C(=O)OC(C)C(=O)Nc2ccccc2F)cc1S(=O)(=O)N1CCCCC1C. The number of amides is 1. The van der Waals surface area contributed by atoms with Crippen LogP contribution in [0.1, 0.15) is 43.5 Å². The topological polar surface area (TPSA) is 102 Å². The van der Waals surface area contributed by atoms with Crippen LogP contribution < -0.4 is 10.1 Å². The van der Waals surface area contributed by atoms with E-state index in [1.165, 1.54) is 54.7 Å². The number of piperidine rings is 1. The minimum atomic E-state index is -3.92. The number of sulfonamides is 1. The van der Waals surface area contributed by atoms with Crippen LogP contribution in [0.15, 0.2) is 47.4 Å². The Morgan fingerprint density at radius 3 is 2.58 bits per heavy atom. The number of halogens is 1. The quantitative estimate of drug-likeness (QED) is 0.611. The number of rotatable bonds is 7. The molecule has 2 aromatic carbocycles. The molecule has 3 rings (SSSR count). The third kappa shape index (κ3) is 5.51. The average Bonchev–Trinajstić information content (AvgIpc) is 2.80. The van der Waals surface area contributed by atoms with E-state index in [9.17, 15) is 22.4 Å². The number of carbonyl (C=O) groups is 2. The fourth-order valence-electron chi connectivity index (χ4n) is 3.64. The summed E-state index contributed by atoms with van der Waals surface area (Å²) in [6.45, 7) is 3.57. The predicted octanol–water partition coefficient (Wildman–Crippen LogP) is 3.58. The van der Waals surface area contributed by atoms with Crippen LogP contribution in [0.4, 0.5) is 10.1 Å². The highest BCUT2D eigenvalue weighted by Gasteiger charge is 2.34. The zero-order valence-corrected chi connectivity index (χ0v) is 19.5. The third-order valence-corrected chi connectivity index (χ3v) is 7.55. The molecule has 0 aromatic heterocycles. The molecule has 1 aliphatic heterocycles. The highest BCUT2D eigenvalue weighted by atomic mass is 32.2. The van der Waals surface area contributed by atoms with Crippen molar-refractivity contribution in [2.45, 2.75) is 50.2 Å². The molecule has 33 heavy (non-hydrogen) atoms. The molecule has 1 fully saturated rings. The van der Waals surface area contributed by atoms with Crippen LogP contribution in [0.2, 0.25) is 0 Å². The van der Waals surface area contributed by atoms with Crippen LogP contribution in [0.5, 0.6) is 5.75 Å². The highest BCUT2D eigenvalue weighted by molar-refractivity contribution is 7.89. The first-order chi connectivity index (χ1) is 15.6. The van der Waals surface area contributed by atoms with Crippen molar-refractivity contribution in [3.05, 3.63) is 53.8 Å². The molecule has 1 aliphatic rings. The zero-order chi connectivity index (χ0) is 24.2. The Morgan fingerprint density at radius 1 is 1.18 bits per heavy atom. The molecule has 0 radical (unpaired) electrons. The maximum atomic E-state index is 13.8. The van der Waals surface area contributed by atoms with Crippen molar-refractivity contribution in [1.82, 2.24) is 4.31 Å². The summed E-state index contributed by atoms with van der Waals surface area (Å²) in [6.07, 6.45) is 1.20. The lowest BCUT2D eigenvalue weighted by Gasteiger charge is -2.32. The molecule has 0 spiro atoms. The van der Waals surface area contributed by atoms with Crippen molar-refractivity contribution in [2.75, 3.05) is 19.0 Å². The number of hydrogen-bond acceptors (Lipinski definition) is 6. The number of carbonyl (C=O) groups excluding carboxylic acids is 2. The first-order valence-electron chi connectivity index (χ1n) is 10.6. The molecule has 8 nitrogen and oxygen atoms in total. The fraction of sp³-hybridized carbons (Fsp3) is 0.391. The van der Waals surface area contributed by atoms with Crippen LogP contribution in [0, 0.1) is 5.82 Å². The minimum Gasteiger partial charge on any atom is -0.495 e. The number of methoxy groups -OCH3 is 1. The molecule has 10 heteroatoms. The maximum absolute atomic E-state index is 13.8. The number of ether oxygens (including phenoxy) is 2. The number of anilines is 1. The highest BCUT2D eigenvalue weighted by Crippen LogP contribution is 2.32. The predicted molar refractivity (Wildman–Crippen MR) is 120 cm³/mol. The molecular weight excluding hydrogens is 451 g/mol. The first-order valence-corrected chi connectivity index (χ1v) is 12.1. The van der Waals surface area contributed by atoms with Gasteiger partial charge in [-0.15, -0.1) is 0 Å². The molecule has 2 unspecified atom stereocenters. The lowest BCUT2D eigenvalue weighted by molar-refractivity contribution is -0.123. The number of hydrogen-bond donors (Lipinski definition) is 1. The number of benzene rings is 2. The Hall–Kier alpha value is -2.98. The second-order valence-corrected chi connectivity index (χ2v) is 9.70. The molecule has 0 saturated carbocycles. The number of nitrogens with zero attached hydrogens (tertiary/aromatic N) is 1. The molecule has 178 valence electrons. The fourth-order valence-corrected chi connectivity index (χ4v) is 5.52. The summed E-state index contributed by atoms with van der Waals surface area (Å²) >= 11 is 0. The maximum Gasteiger partial charge on any atom is 0.338 e. The molecule has 2 atom stereocenters. The van der Waals surface area contributed by atoms with Crippen molar-refractivity contribution < 1.29 is 31.9 Å². The molecular formula is C23H27FN2O6S. The molecule has 1 N–H and O–H groups in total. The van der Waals surface area contributed by atoms with E-state index in [1.54, 1.807) is 6.07 Å². The van der Waals surface area contributed by atoms with Gasteiger partial charge in [-0.05, 0) is 57.0 Å². The average molecular weight is 479 g/mol. The van der Waals surface area contributed by atoms with Gasteiger partial charge in [-0.2, -0.15) is 4.31 Å². The standard InChI is InChI=1S/C23H27FN2O6S/c1-15-8-6-7-13-26(15)33(29,30)21-14-17(11-12-20(21)31-3)23(28)32-16(2)22(27)25-19-10-5-4-9-18(19)24/h4-5,9-12,14-16H,6-8,13H2,1-3H3,(H,25,27). The summed E-state index contributed by atoms with van der Waals surface area (Å²) in [6, 6.07) is 9.36. The Kier molecular flexibility index (Phi) is 7.70. The molecule has 1 amide bonds. The lowest BCUT2D eigenvalue weighted by Crippen LogP contribution is -2.42. The Labute approximate surface area is 192 Å². The van der Waals surface area contributed by atoms with E-state index in [2.05, 4.69) is 5.32 Å². The van der Waals surface area contributed by atoms with Crippen LogP contribution in [0.25, 0.3) is 0 Å². The molecule has 1 saturated heterocycles.